The molecular weight excluding hydrogens is 540 g/mol. The number of nitrogens with one attached hydrogen (secondary N) is 1. The SMILES string of the molecule is C=CCCc1cc(C)nc(OC)c1CNC(=O)c1cccc(N(CC)[C@H]2CC[C@H](N(C(=O)O)C(C)(C)C)CC2)c1CC=C. The van der Waals surface area contributed by atoms with Crippen LogP contribution >= 0.6 is 0 Å². The van der Waals surface area contributed by atoms with Crippen LogP contribution in [0.3, 0.4) is 0 Å². The number of carbonyl (C=O) groups is 2. The smallest absolute Gasteiger partial charge is 0.407 e. The summed E-state index contributed by atoms with van der Waals surface area (Å²) in [4.78, 5) is 34.3. The fourth-order valence-corrected chi connectivity index (χ4v) is 6.50. The van der Waals surface area contributed by atoms with E-state index < -0.39 is 11.6 Å². The molecule has 0 saturated heterocycles. The van der Waals surface area contributed by atoms with E-state index in [1.54, 1.807) is 12.0 Å². The van der Waals surface area contributed by atoms with Crippen LogP contribution in [0.4, 0.5) is 10.5 Å². The molecule has 43 heavy (non-hydrogen) atoms. The number of carboxylic acid groups (broad SMARTS) is 1. The number of nitrogens with zero attached hydrogens (tertiary/aromatic N) is 3. The normalized spacial score (nSPS) is 16.7. The van der Waals surface area contributed by atoms with E-state index in [4.69, 9.17) is 4.74 Å². The Morgan fingerprint density at radius 1 is 1.12 bits per heavy atom. The minimum absolute atomic E-state index is 0.00170. The third-order valence-corrected chi connectivity index (χ3v) is 8.34. The summed E-state index contributed by atoms with van der Waals surface area (Å²) in [6.45, 7) is 18.9. The Kier molecular flexibility index (Phi) is 11.8. The molecule has 1 aliphatic carbocycles. The molecule has 0 bridgehead atoms. The molecule has 1 heterocycles. The van der Waals surface area contributed by atoms with Gasteiger partial charge in [-0.05, 0) is 109 Å². The van der Waals surface area contributed by atoms with Crippen molar-refractivity contribution >= 4 is 17.7 Å². The van der Waals surface area contributed by atoms with Gasteiger partial charge in [-0.15, -0.1) is 13.2 Å². The summed E-state index contributed by atoms with van der Waals surface area (Å²) < 4.78 is 5.59. The summed E-state index contributed by atoms with van der Waals surface area (Å²) in [5.41, 5.74) is 4.99. The molecule has 1 saturated carbocycles. The van der Waals surface area contributed by atoms with Crippen molar-refractivity contribution in [2.45, 2.75) is 104 Å². The number of benzene rings is 1. The minimum atomic E-state index is -0.859. The van der Waals surface area contributed by atoms with Crippen LogP contribution in [0, 0.1) is 6.92 Å². The van der Waals surface area contributed by atoms with Crippen molar-refractivity contribution in [1.29, 1.82) is 0 Å². The Morgan fingerprint density at radius 2 is 1.79 bits per heavy atom. The van der Waals surface area contributed by atoms with Crippen molar-refractivity contribution in [2.75, 3.05) is 18.6 Å². The largest absolute Gasteiger partial charge is 0.481 e. The quantitative estimate of drug-likeness (QED) is 0.242. The first-order valence-corrected chi connectivity index (χ1v) is 15.4. The number of methoxy groups -OCH3 is 1. The lowest BCUT2D eigenvalue weighted by Gasteiger charge is -2.45. The Bertz CT molecular complexity index is 1290. The Morgan fingerprint density at radius 3 is 2.35 bits per heavy atom. The summed E-state index contributed by atoms with van der Waals surface area (Å²) in [6.07, 6.45) is 8.42. The molecule has 2 N–H and O–H groups in total. The molecule has 0 radical (unpaired) electrons. The van der Waals surface area contributed by atoms with Gasteiger partial charge in [-0.1, -0.05) is 18.2 Å². The van der Waals surface area contributed by atoms with Crippen molar-refractivity contribution in [3.8, 4) is 5.88 Å². The zero-order valence-electron chi connectivity index (χ0n) is 26.9. The number of aromatic nitrogens is 1. The third kappa shape index (κ3) is 8.18. The van der Waals surface area contributed by atoms with Gasteiger partial charge >= 0.3 is 6.09 Å². The first kappa shape index (κ1) is 33.7. The van der Waals surface area contributed by atoms with Crippen LogP contribution in [0.5, 0.6) is 5.88 Å². The van der Waals surface area contributed by atoms with Gasteiger partial charge < -0.3 is 25.0 Å². The molecule has 1 aromatic carbocycles. The summed E-state index contributed by atoms with van der Waals surface area (Å²) >= 11 is 0. The van der Waals surface area contributed by atoms with Crippen LogP contribution in [-0.4, -0.2) is 58.3 Å². The molecule has 234 valence electrons. The number of hydrogen-bond acceptors (Lipinski definition) is 5. The third-order valence-electron chi connectivity index (χ3n) is 8.34. The average Bonchev–Trinajstić information content (AvgIpc) is 2.96. The van der Waals surface area contributed by atoms with Crippen LogP contribution in [0.1, 0.15) is 92.5 Å². The molecule has 3 rings (SSSR count). The van der Waals surface area contributed by atoms with E-state index in [0.29, 0.717) is 24.4 Å². The van der Waals surface area contributed by atoms with Crippen LogP contribution in [0.15, 0.2) is 49.6 Å². The number of pyridine rings is 1. The highest BCUT2D eigenvalue weighted by Gasteiger charge is 2.37. The molecular formula is C35H50N4O4. The van der Waals surface area contributed by atoms with Gasteiger partial charge in [0.2, 0.25) is 5.88 Å². The molecule has 0 spiro atoms. The number of rotatable bonds is 13. The fourth-order valence-electron chi connectivity index (χ4n) is 6.50. The van der Waals surface area contributed by atoms with Gasteiger partial charge in [0.25, 0.3) is 5.91 Å². The second-order valence-corrected chi connectivity index (χ2v) is 12.3. The predicted molar refractivity (Wildman–Crippen MR) is 174 cm³/mol. The highest BCUT2D eigenvalue weighted by molar-refractivity contribution is 5.97. The number of aryl methyl sites for hydroxylation is 2. The van der Waals surface area contributed by atoms with E-state index in [2.05, 4.69) is 41.3 Å². The van der Waals surface area contributed by atoms with Crippen LogP contribution in [0.2, 0.25) is 0 Å². The maximum atomic E-state index is 13.7. The van der Waals surface area contributed by atoms with Crippen LogP contribution in [-0.2, 0) is 19.4 Å². The lowest BCUT2D eigenvalue weighted by Crippen LogP contribution is -2.53. The maximum absolute atomic E-state index is 13.7. The van der Waals surface area contributed by atoms with Gasteiger partial charge in [-0.25, -0.2) is 9.78 Å². The molecule has 8 heteroatoms. The minimum Gasteiger partial charge on any atom is -0.481 e. The van der Waals surface area contributed by atoms with Crippen molar-refractivity contribution in [3.63, 3.8) is 0 Å². The standard InChI is InChI=1S/C35H50N4O4/c1-9-12-15-25-22-24(4)37-33(43-8)30(25)23-36-32(40)29-16-13-17-31(28(29)14-10-2)38(11-3)26-18-20-27(21-19-26)39(34(41)42)35(5,6)7/h9-10,13,16-17,22,26-27H,1-2,11-12,14-15,18-21,23H2,3-8H3,(H,36,40)(H,41,42)/t26-,27-. The lowest BCUT2D eigenvalue weighted by atomic mass is 9.86. The second kappa shape index (κ2) is 15.1. The topological polar surface area (TPSA) is 95.0 Å². The summed E-state index contributed by atoms with van der Waals surface area (Å²) in [5.74, 6) is 0.373. The van der Waals surface area contributed by atoms with Gasteiger partial charge in [0.05, 0.1) is 7.11 Å². The molecule has 2 aromatic rings. The number of allylic oxidation sites excluding steroid dienone is 2. The van der Waals surface area contributed by atoms with Crippen molar-refractivity contribution < 1.29 is 19.4 Å². The monoisotopic (exact) mass is 590 g/mol. The molecule has 0 atom stereocenters. The Hall–Kier alpha value is -3.81. The molecule has 2 amide bonds. The van der Waals surface area contributed by atoms with E-state index in [1.165, 1.54) is 0 Å². The number of amides is 2. The first-order chi connectivity index (χ1) is 20.5. The predicted octanol–water partition coefficient (Wildman–Crippen LogP) is 7.09. The molecule has 8 nitrogen and oxygen atoms in total. The van der Waals surface area contributed by atoms with E-state index in [1.807, 2.05) is 58.0 Å². The molecule has 1 fully saturated rings. The van der Waals surface area contributed by atoms with Crippen LogP contribution in [0.25, 0.3) is 0 Å². The molecule has 0 unspecified atom stereocenters. The van der Waals surface area contributed by atoms with Gasteiger partial charge in [0.15, 0.2) is 0 Å². The summed E-state index contributed by atoms with van der Waals surface area (Å²) in [5, 5.41) is 13.0. The summed E-state index contributed by atoms with van der Waals surface area (Å²) in [6, 6.07) is 8.21. The van der Waals surface area contributed by atoms with Gasteiger partial charge in [-0.2, -0.15) is 0 Å². The van der Waals surface area contributed by atoms with E-state index in [9.17, 15) is 14.7 Å². The van der Waals surface area contributed by atoms with Crippen LogP contribution < -0.4 is 15.0 Å². The fraction of sp³-hybridized carbons (Fsp3) is 0.514. The number of carbonyl (C=O) groups excluding carboxylic acids is 1. The first-order valence-electron chi connectivity index (χ1n) is 15.4. The van der Waals surface area contributed by atoms with Crippen molar-refractivity contribution in [3.05, 3.63) is 77.5 Å². The highest BCUT2D eigenvalue weighted by atomic mass is 16.5. The zero-order chi connectivity index (χ0) is 31.7. The molecule has 1 aromatic heterocycles. The highest BCUT2D eigenvalue weighted by Crippen LogP contribution is 2.35. The molecule has 0 aliphatic heterocycles. The number of anilines is 1. The van der Waals surface area contributed by atoms with E-state index >= 15 is 0 Å². The molecule has 1 aliphatic rings. The Labute approximate surface area is 257 Å². The number of hydrogen-bond donors (Lipinski definition) is 2. The van der Waals surface area contributed by atoms with E-state index in [0.717, 1.165) is 73.1 Å². The average molecular weight is 591 g/mol. The van der Waals surface area contributed by atoms with Crippen molar-refractivity contribution in [2.24, 2.45) is 0 Å². The Balaban J connectivity index is 1.85. The van der Waals surface area contributed by atoms with Gasteiger partial charge in [-0.3, -0.25) is 4.79 Å². The van der Waals surface area contributed by atoms with Crippen molar-refractivity contribution in [1.82, 2.24) is 15.2 Å². The van der Waals surface area contributed by atoms with Gasteiger partial charge in [0, 0.05) is 53.2 Å². The van der Waals surface area contributed by atoms with E-state index in [-0.39, 0.29) is 18.0 Å². The maximum Gasteiger partial charge on any atom is 0.407 e. The lowest BCUT2D eigenvalue weighted by molar-refractivity contribution is 0.0545. The van der Waals surface area contributed by atoms with Gasteiger partial charge in [0.1, 0.15) is 0 Å². The zero-order valence-corrected chi connectivity index (χ0v) is 26.9. The summed E-state index contributed by atoms with van der Waals surface area (Å²) in [7, 11) is 1.60. The number of ether oxygens (including phenoxy) is 1. The second-order valence-electron chi connectivity index (χ2n) is 12.3.